The molecule has 5 heteroatoms. The van der Waals surface area contributed by atoms with Crippen molar-refractivity contribution in [1.82, 2.24) is 10.2 Å². The number of hydrogen-bond acceptors (Lipinski definition) is 3. The van der Waals surface area contributed by atoms with Crippen LogP contribution < -0.4 is 5.32 Å². The molecule has 0 radical (unpaired) electrons. The summed E-state index contributed by atoms with van der Waals surface area (Å²) < 4.78 is 0. The first-order chi connectivity index (χ1) is 9.20. The van der Waals surface area contributed by atoms with Crippen molar-refractivity contribution < 1.29 is 4.79 Å². The maximum absolute atomic E-state index is 12.2. The monoisotopic (exact) mass is 275 g/mol. The van der Waals surface area contributed by atoms with Crippen LogP contribution in [0.25, 0.3) is 0 Å². The van der Waals surface area contributed by atoms with Gasteiger partial charge in [-0.2, -0.15) is 0 Å². The van der Waals surface area contributed by atoms with Gasteiger partial charge in [0, 0.05) is 0 Å². The second-order valence-electron chi connectivity index (χ2n) is 4.10. The van der Waals surface area contributed by atoms with Crippen molar-refractivity contribution in [1.29, 1.82) is 0 Å². The second-order valence-corrected chi connectivity index (χ2v) is 4.49. The van der Waals surface area contributed by atoms with Crippen LogP contribution in [0.4, 0.5) is 5.82 Å². The molecule has 1 unspecified atom stereocenters. The summed E-state index contributed by atoms with van der Waals surface area (Å²) >= 11 is 5.65. The Balaban J connectivity index is 2.11. The largest absolute Gasteiger partial charge is 0.309 e. The van der Waals surface area contributed by atoms with E-state index in [2.05, 4.69) is 15.5 Å². The number of nitrogens with one attached hydrogen (secondary N) is 1. The predicted molar refractivity (Wildman–Crippen MR) is 75.1 cm³/mol. The minimum Gasteiger partial charge on any atom is -0.309 e. The van der Waals surface area contributed by atoms with Crippen LogP contribution in [-0.4, -0.2) is 16.1 Å². The summed E-state index contributed by atoms with van der Waals surface area (Å²) in [4.78, 5) is 12.2. The van der Waals surface area contributed by atoms with Crippen LogP contribution >= 0.6 is 11.6 Å². The van der Waals surface area contributed by atoms with E-state index in [1.807, 2.05) is 37.3 Å². The molecule has 0 aliphatic heterocycles. The number of amides is 1. The Labute approximate surface area is 116 Å². The minimum atomic E-state index is -0.196. The third-order valence-electron chi connectivity index (χ3n) is 2.81. The molecule has 1 aromatic heterocycles. The number of hydrogen-bond donors (Lipinski definition) is 1. The van der Waals surface area contributed by atoms with Crippen LogP contribution in [0, 0.1) is 0 Å². The Kier molecular flexibility index (Phi) is 4.47. The summed E-state index contributed by atoms with van der Waals surface area (Å²) in [7, 11) is 0. The first-order valence-electron chi connectivity index (χ1n) is 6.05. The lowest BCUT2D eigenvalue weighted by Gasteiger charge is -2.14. The highest BCUT2D eigenvalue weighted by Gasteiger charge is 2.18. The highest BCUT2D eigenvalue weighted by Crippen LogP contribution is 2.21. The van der Waals surface area contributed by atoms with E-state index in [-0.39, 0.29) is 11.8 Å². The fraction of sp³-hybridized carbons (Fsp3) is 0.214. The maximum atomic E-state index is 12.2. The van der Waals surface area contributed by atoms with Gasteiger partial charge < -0.3 is 5.32 Å². The van der Waals surface area contributed by atoms with Crippen molar-refractivity contribution >= 4 is 23.3 Å². The Morgan fingerprint density at radius 2 is 1.95 bits per heavy atom. The number of benzene rings is 1. The number of aromatic nitrogens is 2. The van der Waals surface area contributed by atoms with Crippen molar-refractivity contribution in [3.05, 3.63) is 53.2 Å². The van der Waals surface area contributed by atoms with Crippen LogP contribution in [0.1, 0.15) is 24.8 Å². The van der Waals surface area contributed by atoms with Crippen LogP contribution in [0.2, 0.25) is 5.15 Å². The van der Waals surface area contributed by atoms with Crippen LogP contribution in [0.3, 0.4) is 0 Å². The number of halogens is 1. The SMILES string of the molecule is CCC(C(=O)Nc1ccc(Cl)nn1)c1ccccc1. The Hall–Kier alpha value is -1.94. The molecule has 1 atom stereocenters. The average Bonchev–Trinajstić information content (AvgIpc) is 2.43. The molecule has 19 heavy (non-hydrogen) atoms. The average molecular weight is 276 g/mol. The second kappa shape index (κ2) is 6.29. The predicted octanol–water partition coefficient (Wildman–Crippen LogP) is 3.26. The number of rotatable bonds is 4. The fourth-order valence-corrected chi connectivity index (χ4v) is 1.95. The van der Waals surface area contributed by atoms with Gasteiger partial charge in [-0.15, -0.1) is 10.2 Å². The lowest BCUT2D eigenvalue weighted by Crippen LogP contribution is -2.21. The van der Waals surface area contributed by atoms with Gasteiger partial charge in [0.1, 0.15) is 0 Å². The van der Waals surface area contributed by atoms with Crippen molar-refractivity contribution in [3.63, 3.8) is 0 Å². The van der Waals surface area contributed by atoms with E-state index in [4.69, 9.17) is 11.6 Å². The maximum Gasteiger partial charge on any atom is 0.233 e. The van der Waals surface area contributed by atoms with Crippen molar-refractivity contribution in [2.75, 3.05) is 5.32 Å². The fourth-order valence-electron chi connectivity index (χ4n) is 1.85. The summed E-state index contributed by atoms with van der Waals surface area (Å²) in [5.41, 5.74) is 0.990. The van der Waals surface area contributed by atoms with Gasteiger partial charge in [-0.3, -0.25) is 4.79 Å². The van der Waals surface area contributed by atoms with E-state index < -0.39 is 0 Å². The lowest BCUT2D eigenvalue weighted by atomic mass is 9.96. The zero-order valence-electron chi connectivity index (χ0n) is 10.5. The van der Waals surface area contributed by atoms with Crippen LogP contribution in [-0.2, 0) is 4.79 Å². The molecule has 98 valence electrons. The Morgan fingerprint density at radius 1 is 1.21 bits per heavy atom. The summed E-state index contributed by atoms with van der Waals surface area (Å²) in [6.45, 7) is 1.98. The molecule has 4 nitrogen and oxygen atoms in total. The molecule has 2 rings (SSSR count). The van der Waals surface area contributed by atoms with Crippen molar-refractivity contribution in [2.45, 2.75) is 19.3 Å². The summed E-state index contributed by atoms with van der Waals surface area (Å²) in [6.07, 6.45) is 0.719. The van der Waals surface area contributed by atoms with Crippen molar-refractivity contribution in [2.24, 2.45) is 0 Å². The topological polar surface area (TPSA) is 54.9 Å². The quantitative estimate of drug-likeness (QED) is 0.932. The summed E-state index contributed by atoms with van der Waals surface area (Å²) in [6, 6.07) is 12.9. The van der Waals surface area contributed by atoms with E-state index in [0.29, 0.717) is 11.0 Å². The van der Waals surface area contributed by atoms with Gasteiger partial charge in [0.2, 0.25) is 5.91 Å². The molecule has 1 N–H and O–H groups in total. The molecule has 0 aliphatic carbocycles. The van der Waals surface area contributed by atoms with E-state index in [9.17, 15) is 4.79 Å². The molecular weight excluding hydrogens is 262 g/mol. The van der Waals surface area contributed by atoms with E-state index in [0.717, 1.165) is 12.0 Å². The highest BCUT2D eigenvalue weighted by atomic mass is 35.5. The van der Waals surface area contributed by atoms with Gasteiger partial charge in [-0.05, 0) is 24.1 Å². The molecule has 0 saturated heterocycles. The first-order valence-corrected chi connectivity index (χ1v) is 6.43. The molecule has 0 saturated carbocycles. The van der Waals surface area contributed by atoms with Crippen LogP contribution in [0.5, 0.6) is 0 Å². The molecule has 1 amide bonds. The number of carbonyl (C=O) groups excluding carboxylic acids is 1. The van der Waals surface area contributed by atoms with E-state index >= 15 is 0 Å². The standard InChI is InChI=1S/C14H14ClN3O/c1-2-11(10-6-4-3-5-7-10)14(19)16-13-9-8-12(15)17-18-13/h3-9,11H,2H2,1H3,(H,16,18,19). The van der Waals surface area contributed by atoms with Gasteiger partial charge >= 0.3 is 0 Å². The molecule has 0 bridgehead atoms. The smallest absolute Gasteiger partial charge is 0.233 e. The number of nitrogens with zero attached hydrogens (tertiary/aromatic N) is 2. The number of carbonyl (C=O) groups is 1. The van der Waals surface area contributed by atoms with Gasteiger partial charge in [0.25, 0.3) is 0 Å². The lowest BCUT2D eigenvalue weighted by molar-refractivity contribution is -0.117. The summed E-state index contributed by atoms with van der Waals surface area (Å²) in [5.74, 6) is 0.118. The minimum absolute atomic E-state index is 0.0923. The molecule has 2 aromatic rings. The van der Waals surface area contributed by atoms with Crippen molar-refractivity contribution in [3.8, 4) is 0 Å². The molecule has 0 aliphatic rings. The van der Waals surface area contributed by atoms with Crippen LogP contribution in [0.15, 0.2) is 42.5 Å². The van der Waals surface area contributed by atoms with Gasteiger partial charge in [-0.1, -0.05) is 48.9 Å². The molecule has 1 aromatic carbocycles. The zero-order chi connectivity index (χ0) is 13.7. The normalized spacial score (nSPS) is 11.9. The molecule has 0 fully saturated rings. The number of anilines is 1. The highest BCUT2D eigenvalue weighted by molar-refractivity contribution is 6.29. The third kappa shape index (κ3) is 3.51. The summed E-state index contributed by atoms with van der Waals surface area (Å²) in [5, 5.41) is 10.6. The third-order valence-corrected chi connectivity index (χ3v) is 3.01. The van der Waals surface area contributed by atoms with E-state index in [1.54, 1.807) is 12.1 Å². The first kappa shape index (κ1) is 13.5. The van der Waals surface area contributed by atoms with Gasteiger partial charge in [-0.25, -0.2) is 0 Å². The molecule has 1 heterocycles. The van der Waals surface area contributed by atoms with Gasteiger partial charge in [0.15, 0.2) is 11.0 Å². The Morgan fingerprint density at radius 3 is 2.53 bits per heavy atom. The van der Waals surface area contributed by atoms with E-state index in [1.165, 1.54) is 0 Å². The molecule has 0 spiro atoms. The molecular formula is C14H14ClN3O. The zero-order valence-corrected chi connectivity index (χ0v) is 11.3. The Bertz CT molecular complexity index is 542. The van der Waals surface area contributed by atoms with Gasteiger partial charge in [0.05, 0.1) is 5.92 Å².